The maximum atomic E-state index is 10.1. The van der Waals surface area contributed by atoms with E-state index in [1.54, 1.807) is 0 Å². The van der Waals surface area contributed by atoms with Gasteiger partial charge in [-0.15, -0.1) is 0 Å². The number of hydrogen-bond donors (Lipinski definition) is 8. The Morgan fingerprint density at radius 3 is 0.650 bits per heavy atom. The molecule has 8 nitrogen and oxygen atoms in total. The molecule has 0 amide bonds. The average Bonchev–Trinajstić information content (AvgIpc) is 2.35. The van der Waals surface area contributed by atoms with Gasteiger partial charge in [-0.25, -0.2) is 0 Å². The lowest BCUT2D eigenvalue weighted by molar-refractivity contribution is -0.142. The first-order chi connectivity index (χ1) is 8.93. The second kappa shape index (κ2) is 10.1. The highest BCUT2D eigenvalue weighted by atomic mass is 32.1. The monoisotopic (exact) mass is 364 g/mol. The molecule has 0 aliphatic heterocycles. The molecule has 0 unspecified atom stereocenters. The van der Waals surface area contributed by atoms with Gasteiger partial charge in [-0.05, 0) is 0 Å². The van der Waals surface area contributed by atoms with Crippen LogP contribution in [-0.2, 0) is 19.2 Å². The van der Waals surface area contributed by atoms with Crippen LogP contribution in [0, 0.1) is 0 Å². The van der Waals surface area contributed by atoms with Crippen molar-refractivity contribution in [1.29, 1.82) is 0 Å². The van der Waals surface area contributed by atoms with Gasteiger partial charge in [0.25, 0.3) is 0 Å². The Labute approximate surface area is 135 Å². The topological polar surface area (TPSA) is 149 Å². The molecule has 0 fully saturated rings. The number of thiol groups is 4. The van der Waals surface area contributed by atoms with Crippen LogP contribution in [0.3, 0.4) is 0 Å². The van der Waals surface area contributed by atoms with Gasteiger partial charge in [0.1, 0.15) is 21.0 Å². The molecule has 0 aliphatic rings. The highest BCUT2D eigenvalue weighted by molar-refractivity contribution is 7.86. The molecule has 4 N–H and O–H groups in total. The van der Waals surface area contributed by atoms with Crippen molar-refractivity contribution in [2.45, 2.75) is 21.0 Å². The summed E-state index contributed by atoms with van der Waals surface area (Å²) in [4.78, 5) is 40.2. The Hall–Kier alpha value is -0.720. The average molecular weight is 364 g/mol. The highest BCUT2D eigenvalue weighted by Crippen LogP contribution is 2.09. The Bertz CT molecular complexity index is 315. The molecule has 0 aromatic rings. The van der Waals surface area contributed by atoms with Crippen molar-refractivity contribution in [2.24, 2.45) is 0 Å². The summed E-state index contributed by atoms with van der Waals surface area (Å²) in [5, 5.41) is 27.8. The minimum Gasteiger partial charge on any atom is -0.480 e. The summed E-state index contributed by atoms with van der Waals surface area (Å²) in [6, 6.07) is 0. The van der Waals surface area contributed by atoms with Gasteiger partial charge in [-0.2, -0.15) is 50.5 Å². The molecule has 0 saturated heterocycles. The summed E-state index contributed by atoms with van der Waals surface area (Å²) < 4.78 is 0. The second-order valence-electron chi connectivity index (χ2n) is 3.13. The first-order valence-electron chi connectivity index (χ1n) is 4.57. The third kappa shape index (κ3) is 8.45. The van der Waals surface area contributed by atoms with E-state index in [0.29, 0.717) is 0 Å². The van der Waals surface area contributed by atoms with E-state index in [1.807, 2.05) is 0 Å². The lowest BCUT2D eigenvalue weighted by atomic mass is 10.3. The minimum atomic E-state index is -1.29. The number of rotatable bonds is 6. The van der Waals surface area contributed by atoms with E-state index in [0.717, 1.165) is 0 Å². The summed E-state index contributed by atoms with van der Waals surface area (Å²) in [5.74, 6) is -5.15. The molecule has 4 atom stereocenters. The van der Waals surface area contributed by atoms with E-state index in [4.69, 9.17) is 20.4 Å². The van der Waals surface area contributed by atoms with E-state index in [2.05, 4.69) is 50.5 Å². The van der Waals surface area contributed by atoms with Gasteiger partial charge in [0.2, 0.25) is 0 Å². The van der Waals surface area contributed by atoms with Crippen molar-refractivity contribution in [3.05, 3.63) is 0 Å². The first-order valence-corrected chi connectivity index (χ1v) is 6.63. The van der Waals surface area contributed by atoms with Crippen molar-refractivity contribution in [1.82, 2.24) is 0 Å². The van der Waals surface area contributed by atoms with Gasteiger partial charge in [0.05, 0.1) is 0 Å². The normalized spacial score (nSPS) is 15.8. The van der Waals surface area contributed by atoms with Crippen LogP contribution >= 0.6 is 50.5 Å². The molecule has 0 spiro atoms. The smallest absolute Gasteiger partial charge is 0.318 e. The predicted octanol–water partition coefficient (Wildman–Crippen LogP) is -0.495. The van der Waals surface area contributed by atoms with Crippen LogP contribution in [-0.4, -0.2) is 65.3 Å². The fourth-order valence-electron chi connectivity index (χ4n) is 0.540. The van der Waals surface area contributed by atoms with Crippen molar-refractivity contribution < 1.29 is 39.6 Å². The maximum Gasteiger partial charge on any atom is 0.318 e. The largest absolute Gasteiger partial charge is 0.480 e. The first kappa shape index (κ1) is 21.6. The Morgan fingerprint density at radius 2 is 0.600 bits per heavy atom. The molecule has 116 valence electrons. The van der Waals surface area contributed by atoms with Crippen LogP contribution in [0.2, 0.25) is 0 Å². The molecule has 0 radical (unpaired) electrons. The van der Waals surface area contributed by atoms with Crippen LogP contribution in [0.25, 0.3) is 0 Å². The van der Waals surface area contributed by atoms with Crippen LogP contribution in [0.15, 0.2) is 0 Å². The fourth-order valence-corrected chi connectivity index (χ4v) is 1.05. The van der Waals surface area contributed by atoms with E-state index < -0.39 is 44.9 Å². The maximum absolute atomic E-state index is 10.1. The van der Waals surface area contributed by atoms with Crippen LogP contribution in [0.4, 0.5) is 0 Å². The Morgan fingerprint density at radius 1 is 0.500 bits per heavy atom. The van der Waals surface area contributed by atoms with Gasteiger partial charge < -0.3 is 20.4 Å². The molecule has 0 rings (SSSR count). The quantitative estimate of drug-likeness (QED) is 0.294. The molecule has 20 heavy (non-hydrogen) atoms. The van der Waals surface area contributed by atoms with E-state index in [-0.39, 0.29) is 0 Å². The molecular formula is C8H12O8S4. The molecule has 0 heterocycles. The number of carboxylic acids is 4. The van der Waals surface area contributed by atoms with Crippen molar-refractivity contribution in [3.63, 3.8) is 0 Å². The molecule has 0 saturated carbocycles. The van der Waals surface area contributed by atoms with E-state index in [1.165, 1.54) is 0 Å². The molecular weight excluding hydrogens is 352 g/mol. The number of carbonyl (C=O) groups is 4. The molecule has 0 bridgehead atoms. The standard InChI is InChI=1S/2C4H6O4S2/c2*5-3(6)1(9)2(10)4(7)8/h2*1-2,9-10H,(H,5,6)(H,7,8)/t2*1-,2+. The summed E-state index contributed by atoms with van der Waals surface area (Å²) in [5.41, 5.74) is 0. The predicted molar refractivity (Wildman–Crippen MR) is 81.6 cm³/mol. The van der Waals surface area contributed by atoms with Gasteiger partial charge in [-0.1, -0.05) is 0 Å². The van der Waals surface area contributed by atoms with Crippen molar-refractivity contribution in [3.8, 4) is 0 Å². The minimum absolute atomic E-state index is 1.26. The lowest BCUT2D eigenvalue weighted by Crippen LogP contribution is -2.31. The summed E-state index contributed by atoms with van der Waals surface area (Å²) >= 11 is 14.0. The van der Waals surface area contributed by atoms with Gasteiger partial charge in [-0.3, -0.25) is 19.2 Å². The third-order valence-corrected chi connectivity index (χ3v) is 4.16. The van der Waals surface area contributed by atoms with Gasteiger partial charge in [0, 0.05) is 0 Å². The molecule has 0 aliphatic carbocycles. The van der Waals surface area contributed by atoms with Crippen LogP contribution < -0.4 is 0 Å². The molecule has 0 aromatic heterocycles. The SMILES string of the molecule is O=C(O)[C@@H](S)[C@@H](S)C(=O)O.O=C(O)[C@@H](S)[C@@H](S)C(=O)O. The highest BCUT2D eigenvalue weighted by Gasteiger charge is 2.27. The van der Waals surface area contributed by atoms with Crippen LogP contribution in [0.1, 0.15) is 0 Å². The second-order valence-corrected chi connectivity index (χ2v) is 5.36. The zero-order valence-electron chi connectivity index (χ0n) is 9.52. The summed E-state index contributed by atoms with van der Waals surface area (Å²) in [6.45, 7) is 0. The summed E-state index contributed by atoms with van der Waals surface area (Å²) in [6.07, 6.45) is 0. The Balaban J connectivity index is 0. The van der Waals surface area contributed by atoms with Crippen molar-refractivity contribution >= 4 is 74.4 Å². The number of hydrogen-bond acceptors (Lipinski definition) is 8. The summed E-state index contributed by atoms with van der Waals surface area (Å²) in [7, 11) is 0. The van der Waals surface area contributed by atoms with Gasteiger partial charge in [0.15, 0.2) is 0 Å². The molecule has 12 heteroatoms. The molecule has 0 aromatic carbocycles. The Kier molecular flexibility index (Phi) is 10.9. The number of carboxylic acid groups (broad SMARTS) is 4. The lowest BCUT2D eigenvalue weighted by Gasteiger charge is -2.07. The fraction of sp³-hybridized carbons (Fsp3) is 0.500. The van der Waals surface area contributed by atoms with E-state index in [9.17, 15) is 19.2 Å². The number of aliphatic carboxylic acids is 4. The zero-order chi connectivity index (χ0) is 16.6. The zero-order valence-corrected chi connectivity index (χ0v) is 13.1. The third-order valence-electron chi connectivity index (χ3n) is 1.61. The van der Waals surface area contributed by atoms with Gasteiger partial charge >= 0.3 is 23.9 Å². The van der Waals surface area contributed by atoms with Crippen LogP contribution in [0.5, 0.6) is 0 Å². The van der Waals surface area contributed by atoms with E-state index >= 15 is 0 Å². The van der Waals surface area contributed by atoms with Crippen molar-refractivity contribution in [2.75, 3.05) is 0 Å².